The van der Waals surface area contributed by atoms with Gasteiger partial charge in [-0.25, -0.2) is 4.79 Å². The van der Waals surface area contributed by atoms with E-state index in [1.165, 1.54) is 32.0 Å². The molecule has 31 heavy (non-hydrogen) atoms. The second-order valence-corrected chi connectivity index (χ2v) is 7.80. The van der Waals surface area contributed by atoms with Gasteiger partial charge in [0.1, 0.15) is 0 Å². The van der Waals surface area contributed by atoms with Crippen LogP contribution in [0, 0.1) is 5.92 Å². The highest BCUT2D eigenvalue weighted by Gasteiger charge is 2.44. The van der Waals surface area contributed by atoms with Crippen molar-refractivity contribution in [1.82, 2.24) is 5.32 Å². The Morgan fingerprint density at radius 2 is 1.61 bits per heavy atom. The third-order valence-electron chi connectivity index (χ3n) is 4.27. The van der Waals surface area contributed by atoms with Crippen LogP contribution in [0.15, 0.2) is 18.2 Å². The first-order chi connectivity index (χ1) is 14.4. The van der Waals surface area contributed by atoms with E-state index < -0.39 is 29.6 Å². The molecule has 9 heteroatoms. The van der Waals surface area contributed by atoms with Crippen molar-refractivity contribution in [3.8, 4) is 11.5 Å². The molecule has 2 N–H and O–H groups in total. The normalized spacial score (nSPS) is 13.8. The van der Waals surface area contributed by atoms with Gasteiger partial charge in [0.05, 0.1) is 0 Å². The molecule has 2 atom stereocenters. The predicted octanol–water partition coefficient (Wildman–Crippen LogP) is 2.84. The summed E-state index contributed by atoms with van der Waals surface area (Å²) in [5.74, 6) is -3.30. The number of carboxylic acid groups (broad SMARTS) is 1. The Bertz CT molecular complexity index is 820. The lowest BCUT2D eigenvalue weighted by Gasteiger charge is -2.33. The maximum Gasteiger partial charge on any atom is 0.364 e. The molecular weight excluding hydrogens is 406 g/mol. The average molecular weight is 437 g/mol. The first-order valence-electron chi connectivity index (χ1n) is 10.1. The third-order valence-corrected chi connectivity index (χ3v) is 4.27. The molecule has 0 heterocycles. The Labute approximate surface area is 182 Å². The number of carboxylic acids is 1. The molecule has 0 aliphatic heterocycles. The van der Waals surface area contributed by atoms with E-state index in [1.54, 1.807) is 6.92 Å². The molecule has 1 rings (SSSR count). The Morgan fingerprint density at radius 1 is 1.03 bits per heavy atom. The second-order valence-electron chi connectivity index (χ2n) is 7.80. The molecule has 9 nitrogen and oxygen atoms in total. The molecule has 0 spiro atoms. The first-order valence-corrected chi connectivity index (χ1v) is 10.1. The van der Waals surface area contributed by atoms with E-state index in [2.05, 4.69) is 5.32 Å². The fourth-order valence-corrected chi connectivity index (χ4v) is 2.79. The van der Waals surface area contributed by atoms with Crippen LogP contribution in [0.1, 0.15) is 59.9 Å². The molecule has 0 saturated heterocycles. The SMILES string of the molecule is CCC(C)N[C@@](Cc1ccc(OC(C)=O)c(OC(C)=O)c1)(OC(=O)CC(C)C)C(=O)O. The summed E-state index contributed by atoms with van der Waals surface area (Å²) in [5, 5.41) is 12.9. The quantitative estimate of drug-likeness (QED) is 0.305. The number of aliphatic carboxylic acids is 1. The van der Waals surface area contributed by atoms with Crippen molar-refractivity contribution in [2.45, 2.75) is 72.6 Å². The van der Waals surface area contributed by atoms with Crippen LogP contribution in [0.2, 0.25) is 0 Å². The molecule has 0 fully saturated rings. The van der Waals surface area contributed by atoms with Crippen LogP contribution in [0.5, 0.6) is 11.5 Å². The van der Waals surface area contributed by atoms with E-state index in [9.17, 15) is 24.3 Å². The van der Waals surface area contributed by atoms with Gasteiger partial charge in [-0.15, -0.1) is 0 Å². The first kappa shape index (κ1) is 26.1. The summed E-state index contributed by atoms with van der Waals surface area (Å²) in [6.07, 6.45) is 0.410. The summed E-state index contributed by atoms with van der Waals surface area (Å²) in [4.78, 5) is 47.4. The van der Waals surface area contributed by atoms with Gasteiger partial charge in [0.15, 0.2) is 11.5 Å². The van der Waals surface area contributed by atoms with Crippen molar-refractivity contribution in [2.75, 3.05) is 0 Å². The van der Waals surface area contributed by atoms with E-state index in [1.807, 2.05) is 20.8 Å². The molecule has 0 bridgehead atoms. The molecule has 1 aromatic rings. The highest BCUT2D eigenvalue weighted by Crippen LogP contribution is 2.31. The number of carbonyl (C=O) groups is 4. The fraction of sp³-hybridized carbons (Fsp3) is 0.545. The van der Waals surface area contributed by atoms with Crippen molar-refractivity contribution in [3.63, 3.8) is 0 Å². The lowest BCUT2D eigenvalue weighted by molar-refractivity contribution is -0.185. The predicted molar refractivity (Wildman–Crippen MR) is 112 cm³/mol. The van der Waals surface area contributed by atoms with Gasteiger partial charge in [-0.2, -0.15) is 0 Å². The largest absolute Gasteiger partial charge is 0.477 e. The Morgan fingerprint density at radius 3 is 2.10 bits per heavy atom. The minimum Gasteiger partial charge on any atom is -0.477 e. The summed E-state index contributed by atoms with van der Waals surface area (Å²) < 4.78 is 15.6. The molecule has 0 amide bonds. The zero-order valence-electron chi connectivity index (χ0n) is 18.8. The second kappa shape index (κ2) is 11.5. The van der Waals surface area contributed by atoms with Crippen LogP contribution in [-0.2, 0) is 30.3 Å². The zero-order valence-corrected chi connectivity index (χ0v) is 18.8. The molecule has 0 radical (unpaired) electrons. The molecule has 0 aliphatic carbocycles. The number of hydrogen-bond donors (Lipinski definition) is 2. The average Bonchev–Trinajstić information content (AvgIpc) is 2.61. The summed E-state index contributed by atoms with van der Waals surface area (Å²) in [5.41, 5.74) is -1.64. The van der Waals surface area contributed by atoms with Gasteiger partial charge in [0.25, 0.3) is 5.72 Å². The van der Waals surface area contributed by atoms with Crippen LogP contribution in [0.4, 0.5) is 0 Å². The Hall–Kier alpha value is -2.94. The van der Waals surface area contributed by atoms with E-state index >= 15 is 0 Å². The van der Waals surface area contributed by atoms with Gasteiger partial charge in [0.2, 0.25) is 0 Å². The summed E-state index contributed by atoms with van der Waals surface area (Å²) in [6, 6.07) is 4.01. The summed E-state index contributed by atoms with van der Waals surface area (Å²) in [7, 11) is 0. The smallest absolute Gasteiger partial charge is 0.364 e. The third kappa shape index (κ3) is 8.37. The summed E-state index contributed by atoms with van der Waals surface area (Å²) in [6.45, 7) is 9.68. The van der Waals surface area contributed by atoms with Gasteiger partial charge >= 0.3 is 23.9 Å². The monoisotopic (exact) mass is 437 g/mol. The van der Waals surface area contributed by atoms with Crippen LogP contribution in [-0.4, -0.2) is 40.8 Å². The number of nitrogens with one attached hydrogen (secondary N) is 1. The van der Waals surface area contributed by atoms with E-state index in [4.69, 9.17) is 14.2 Å². The van der Waals surface area contributed by atoms with Gasteiger partial charge in [0, 0.05) is 32.7 Å². The molecule has 1 aromatic carbocycles. The minimum absolute atomic E-state index is 0.0128. The van der Waals surface area contributed by atoms with E-state index in [0.29, 0.717) is 12.0 Å². The molecule has 0 saturated carbocycles. The van der Waals surface area contributed by atoms with Crippen LogP contribution < -0.4 is 14.8 Å². The highest BCUT2D eigenvalue weighted by atomic mass is 16.6. The molecule has 0 aliphatic rings. The molecule has 1 unspecified atom stereocenters. The van der Waals surface area contributed by atoms with Gasteiger partial charge in [-0.3, -0.25) is 19.7 Å². The highest BCUT2D eigenvalue weighted by molar-refractivity contribution is 5.82. The minimum atomic E-state index is -2.03. The number of ether oxygens (including phenoxy) is 3. The Kier molecular flexibility index (Phi) is 9.64. The topological polar surface area (TPSA) is 128 Å². The van der Waals surface area contributed by atoms with Crippen molar-refractivity contribution in [3.05, 3.63) is 23.8 Å². The van der Waals surface area contributed by atoms with Crippen LogP contribution in [0.3, 0.4) is 0 Å². The number of benzene rings is 1. The van der Waals surface area contributed by atoms with Crippen LogP contribution >= 0.6 is 0 Å². The Balaban J connectivity index is 3.39. The van der Waals surface area contributed by atoms with E-state index in [0.717, 1.165) is 0 Å². The number of hydrogen-bond acceptors (Lipinski definition) is 8. The van der Waals surface area contributed by atoms with Crippen molar-refractivity contribution in [1.29, 1.82) is 0 Å². The number of carbonyl (C=O) groups excluding carboxylic acids is 3. The van der Waals surface area contributed by atoms with Crippen molar-refractivity contribution in [2.24, 2.45) is 5.92 Å². The molecule has 172 valence electrons. The number of esters is 3. The van der Waals surface area contributed by atoms with Gasteiger partial charge < -0.3 is 19.3 Å². The van der Waals surface area contributed by atoms with E-state index in [-0.39, 0.29) is 36.3 Å². The summed E-state index contributed by atoms with van der Waals surface area (Å²) >= 11 is 0. The standard InChI is InChI=1S/C22H31NO8/c1-7-14(4)23-22(21(27)28,31-20(26)10-13(2)3)12-17-8-9-18(29-15(5)24)19(11-17)30-16(6)25/h8-9,11,13-14,23H,7,10,12H2,1-6H3,(H,27,28)/t14?,22-/m0/s1. The van der Waals surface area contributed by atoms with Crippen molar-refractivity contribution >= 4 is 23.9 Å². The lowest BCUT2D eigenvalue weighted by Crippen LogP contribution is -2.59. The maximum absolute atomic E-state index is 12.4. The van der Waals surface area contributed by atoms with Gasteiger partial charge in [-0.05, 0) is 37.0 Å². The molecular formula is C22H31NO8. The lowest BCUT2D eigenvalue weighted by atomic mass is 9.99. The zero-order chi connectivity index (χ0) is 23.8. The number of rotatable bonds is 11. The fourth-order valence-electron chi connectivity index (χ4n) is 2.79. The molecule has 0 aromatic heterocycles. The maximum atomic E-state index is 12.4. The van der Waals surface area contributed by atoms with Crippen molar-refractivity contribution < 1.29 is 38.5 Å². The van der Waals surface area contributed by atoms with Gasteiger partial charge in [-0.1, -0.05) is 26.8 Å². The van der Waals surface area contributed by atoms with Crippen LogP contribution in [0.25, 0.3) is 0 Å².